The molecule has 0 N–H and O–H groups in total. The van der Waals surface area contributed by atoms with Gasteiger partial charge in [0, 0.05) is 17.2 Å². The van der Waals surface area contributed by atoms with Gasteiger partial charge in [0.15, 0.2) is 0 Å². The topological polar surface area (TPSA) is 0 Å². The van der Waals surface area contributed by atoms with Crippen LogP contribution in [0.5, 0.6) is 0 Å². The van der Waals surface area contributed by atoms with Crippen molar-refractivity contribution < 1.29 is 8.78 Å². The summed E-state index contributed by atoms with van der Waals surface area (Å²) in [4.78, 5) is 0.137. The van der Waals surface area contributed by atoms with E-state index in [9.17, 15) is 8.78 Å². The molecule has 3 unspecified atom stereocenters. The highest BCUT2D eigenvalue weighted by Gasteiger charge is 2.51. The van der Waals surface area contributed by atoms with Crippen molar-refractivity contribution in [2.45, 2.75) is 29.5 Å². The van der Waals surface area contributed by atoms with E-state index in [0.717, 1.165) is 21.9 Å². The second-order valence-electron chi connectivity index (χ2n) is 6.02. The van der Waals surface area contributed by atoms with Gasteiger partial charge in [-0.15, -0.1) is 0 Å². The molecule has 2 aromatic carbocycles. The molecular weight excluding hydrogens is 334 g/mol. The summed E-state index contributed by atoms with van der Waals surface area (Å²) in [5, 5.41) is 2.17. The monoisotopic (exact) mass is 348 g/mol. The fraction of sp³-hybridized carbons (Fsp3) is 0.333. The highest BCUT2D eigenvalue weighted by atomic mass is 79.9. The smallest absolute Gasteiger partial charge is 0.206 e. The molecule has 0 radical (unpaired) electrons. The summed E-state index contributed by atoms with van der Waals surface area (Å²) in [7, 11) is 0. The summed E-state index contributed by atoms with van der Waals surface area (Å²) in [6, 6.07) is 11.9. The van der Waals surface area contributed by atoms with Gasteiger partial charge in [0.05, 0.1) is 5.92 Å². The lowest BCUT2D eigenvalue weighted by atomic mass is 9.68. The van der Waals surface area contributed by atoms with Crippen LogP contribution in [0, 0.1) is 5.92 Å². The summed E-state index contributed by atoms with van der Waals surface area (Å²) in [5.74, 6) is -3.46. The molecule has 0 amide bonds. The summed E-state index contributed by atoms with van der Waals surface area (Å²) < 4.78 is 29.1. The third-order valence-electron chi connectivity index (χ3n) is 4.84. The Morgan fingerprint density at radius 3 is 2.76 bits per heavy atom. The molecule has 3 heteroatoms. The molecule has 0 bridgehead atoms. The Morgan fingerprint density at radius 2 is 1.90 bits per heavy atom. The largest absolute Gasteiger partial charge is 0.255 e. The number of hydrogen-bond donors (Lipinski definition) is 0. The third-order valence-corrected chi connectivity index (χ3v) is 5.90. The van der Waals surface area contributed by atoms with Crippen molar-refractivity contribution in [1.82, 2.24) is 0 Å². The van der Waals surface area contributed by atoms with Crippen molar-refractivity contribution in [1.29, 1.82) is 0 Å². The van der Waals surface area contributed by atoms with E-state index in [1.54, 1.807) is 0 Å². The van der Waals surface area contributed by atoms with Gasteiger partial charge in [-0.05, 0) is 28.3 Å². The first kappa shape index (κ1) is 13.4. The maximum absolute atomic E-state index is 14.5. The quantitative estimate of drug-likeness (QED) is 0.531. The molecule has 0 aromatic heterocycles. The van der Waals surface area contributed by atoms with Gasteiger partial charge in [0.2, 0.25) is 0 Å². The predicted molar refractivity (Wildman–Crippen MR) is 86.1 cm³/mol. The maximum atomic E-state index is 14.5. The molecule has 2 aromatic rings. The summed E-state index contributed by atoms with van der Waals surface area (Å²) in [5.41, 5.74) is 1.77. The second-order valence-corrected chi connectivity index (χ2v) is 7.20. The van der Waals surface area contributed by atoms with Gasteiger partial charge < -0.3 is 0 Å². The van der Waals surface area contributed by atoms with Crippen molar-refractivity contribution in [3.8, 4) is 0 Å². The first-order valence-corrected chi connectivity index (χ1v) is 8.21. The normalized spacial score (nSPS) is 30.0. The van der Waals surface area contributed by atoms with Crippen LogP contribution >= 0.6 is 15.9 Å². The number of allylic oxidation sites excluding steroid dienone is 1. The van der Waals surface area contributed by atoms with Crippen LogP contribution in [0.15, 0.2) is 42.5 Å². The van der Waals surface area contributed by atoms with Crippen LogP contribution in [-0.2, 0) is 0 Å². The Hall–Kier alpha value is -1.22. The van der Waals surface area contributed by atoms with Crippen LogP contribution in [0.4, 0.5) is 8.78 Å². The minimum absolute atomic E-state index is 0.0375. The molecule has 2 aliphatic carbocycles. The lowest BCUT2D eigenvalue weighted by Gasteiger charge is -2.42. The predicted octanol–water partition coefficient (Wildman–Crippen LogP) is 5.76. The second kappa shape index (κ2) is 4.64. The minimum atomic E-state index is -2.63. The summed E-state index contributed by atoms with van der Waals surface area (Å²) in [6.07, 6.45) is 4.51. The third kappa shape index (κ3) is 1.97. The van der Waals surface area contributed by atoms with Gasteiger partial charge >= 0.3 is 0 Å². The molecule has 0 heterocycles. The van der Waals surface area contributed by atoms with E-state index in [1.165, 1.54) is 0 Å². The molecule has 0 saturated heterocycles. The van der Waals surface area contributed by atoms with Gasteiger partial charge in [-0.2, -0.15) is 0 Å². The Kier molecular flexibility index (Phi) is 2.97. The molecule has 0 aliphatic heterocycles. The number of fused-ring (bicyclic) bond motifs is 5. The van der Waals surface area contributed by atoms with Crippen LogP contribution in [0.2, 0.25) is 0 Å². The van der Waals surface area contributed by atoms with Crippen LogP contribution in [0.25, 0.3) is 16.8 Å². The number of rotatable bonds is 0. The minimum Gasteiger partial charge on any atom is -0.206 e. The van der Waals surface area contributed by atoms with E-state index in [-0.39, 0.29) is 17.2 Å². The molecule has 0 spiro atoms. The highest BCUT2D eigenvalue weighted by molar-refractivity contribution is 9.09. The van der Waals surface area contributed by atoms with E-state index < -0.39 is 11.8 Å². The average Bonchev–Trinajstić information content (AvgIpc) is 2.50. The SMILES string of the molecule is FC1(F)CCC(Br)C2C=Cc3c(ccc4ccccc34)C21. The Labute approximate surface area is 131 Å². The molecule has 0 nitrogen and oxygen atoms in total. The van der Waals surface area contributed by atoms with E-state index in [4.69, 9.17) is 0 Å². The summed E-state index contributed by atoms with van der Waals surface area (Å²) >= 11 is 3.60. The highest BCUT2D eigenvalue weighted by Crippen LogP contribution is 2.54. The van der Waals surface area contributed by atoms with E-state index in [1.807, 2.05) is 48.6 Å². The molecule has 2 aliphatic rings. The van der Waals surface area contributed by atoms with Gasteiger partial charge in [-0.3, -0.25) is 0 Å². The lowest BCUT2D eigenvalue weighted by Crippen LogP contribution is -2.42. The van der Waals surface area contributed by atoms with Gasteiger partial charge in [-0.25, -0.2) is 8.78 Å². The number of hydrogen-bond acceptors (Lipinski definition) is 0. The molecule has 4 rings (SSSR count). The van der Waals surface area contributed by atoms with Crippen molar-refractivity contribution >= 4 is 32.8 Å². The van der Waals surface area contributed by atoms with Crippen molar-refractivity contribution in [2.24, 2.45) is 5.92 Å². The van der Waals surface area contributed by atoms with Crippen LogP contribution in [-0.4, -0.2) is 10.7 Å². The number of benzene rings is 2. The Bertz CT molecular complexity index is 735. The van der Waals surface area contributed by atoms with E-state index in [0.29, 0.717) is 6.42 Å². The average molecular weight is 349 g/mol. The van der Waals surface area contributed by atoms with Crippen molar-refractivity contribution in [3.63, 3.8) is 0 Å². The molecule has 1 saturated carbocycles. The fourth-order valence-corrected chi connectivity index (χ4v) is 4.52. The van der Waals surface area contributed by atoms with Crippen LogP contribution in [0.3, 0.4) is 0 Å². The zero-order valence-electron chi connectivity index (χ0n) is 11.4. The Morgan fingerprint density at radius 1 is 1.10 bits per heavy atom. The molecule has 108 valence electrons. The van der Waals surface area contributed by atoms with Crippen LogP contribution in [0.1, 0.15) is 29.9 Å². The van der Waals surface area contributed by atoms with Crippen LogP contribution < -0.4 is 0 Å². The first-order valence-electron chi connectivity index (χ1n) is 7.30. The summed E-state index contributed by atoms with van der Waals surface area (Å²) in [6.45, 7) is 0. The molecule has 3 atom stereocenters. The van der Waals surface area contributed by atoms with Gasteiger partial charge in [-0.1, -0.05) is 64.5 Å². The fourth-order valence-electron chi connectivity index (χ4n) is 3.81. The molecule has 1 fully saturated rings. The van der Waals surface area contributed by atoms with Gasteiger partial charge in [0.1, 0.15) is 0 Å². The molecule has 21 heavy (non-hydrogen) atoms. The van der Waals surface area contributed by atoms with E-state index in [2.05, 4.69) is 15.9 Å². The van der Waals surface area contributed by atoms with Gasteiger partial charge in [0.25, 0.3) is 5.92 Å². The maximum Gasteiger partial charge on any atom is 0.255 e. The Balaban J connectivity index is 1.96. The first-order chi connectivity index (χ1) is 10.1. The number of alkyl halides is 3. The number of halogens is 3. The zero-order chi connectivity index (χ0) is 14.6. The van der Waals surface area contributed by atoms with E-state index >= 15 is 0 Å². The van der Waals surface area contributed by atoms with Crippen molar-refractivity contribution in [2.75, 3.05) is 0 Å². The standard InChI is InChI=1S/C18H15BrF2/c19-16-9-10-18(20,21)17-14-6-5-11-3-1-2-4-12(11)13(14)7-8-15(16)17/h1-8,15-17H,9-10H2. The lowest BCUT2D eigenvalue weighted by molar-refractivity contribution is -0.0659. The zero-order valence-corrected chi connectivity index (χ0v) is 13.0. The van der Waals surface area contributed by atoms with Crippen molar-refractivity contribution in [3.05, 3.63) is 53.6 Å². The molecular formula is C18H15BrF2.